The van der Waals surface area contributed by atoms with Crippen LogP contribution in [0.4, 0.5) is 0 Å². The third-order valence-electron chi connectivity index (χ3n) is 12.2. The Morgan fingerprint density at radius 2 is 0.967 bits per heavy atom. The van der Waals surface area contributed by atoms with Gasteiger partial charge in [-0.25, -0.2) is 17.9 Å². The molecule has 0 radical (unpaired) electrons. The van der Waals surface area contributed by atoms with Gasteiger partial charge in [0.1, 0.15) is 11.4 Å². The molecular formula is C44H55B2N5O9S. The molecule has 0 unspecified atom stereocenters. The first-order valence-electron chi connectivity index (χ1n) is 20.1. The van der Waals surface area contributed by atoms with E-state index in [2.05, 4.69) is 14.9 Å². The highest BCUT2D eigenvalue weighted by atomic mass is 32.2. The van der Waals surface area contributed by atoms with Gasteiger partial charge in [-0.2, -0.15) is 10.2 Å². The molecule has 1 amide bonds. The largest absolute Gasteiger partial charge is 0.516 e. The first-order valence-corrected chi connectivity index (χ1v) is 21.6. The number of aromatic nitrogens is 4. The number of sulfonamides is 1. The summed E-state index contributed by atoms with van der Waals surface area (Å²) in [5.74, 6) is -1.80. The molecule has 61 heavy (non-hydrogen) atoms. The molecule has 2 fully saturated rings. The summed E-state index contributed by atoms with van der Waals surface area (Å²) in [4.78, 5) is 25.0. The third-order valence-corrected chi connectivity index (χ3v) is 13.6. The summed E-state index contributed by atoms with van der Waals surface area (Å²) < 4.78 is 55.1. The van der Waals surface area contributed by atoms with E-state index in [1.54, 1.807) is 18.2 Å². The number of hydrogen-bond donors (Lipinski definition) is 2. The maximum atomic E-state index is 13.3. The topological polar surface area (TPSA) is 173 Å². The van der Waals surface area contributed by atoms with Gasteiger partial charge in [-0.05, 0) is 141 Å². The molecule has 0 spiro atoms. The number of aryl methyl sites for hydroxylation is 4. The van der Waals surface area contributed by atoms with Crippen LogP contribution in [0.2, 0.25) is 0 Å². The summed E-state index contributed by atoms with van der Waals surface area (Å²) in [5, 5.41) is 18.7. The molecule has 4 heterocycles. The van der Waals surface area contributed by atoms with Crippen molar-refractivity contribution in [3.05, 3.63) is 124 Å². The summed E-state index contributed by atoms with van der Waals surface area (Å²) in [6.45, 7) is 24.2. The van der Waals surface area contributed by atoms with Crippen LogP contribution < -0.4 is 15.9 Å². The monoisotopic (exact) mass is 851 g/mol. The van der Waals surface area contributed by atoms with Crippen molar-refractivity contribution < 1.29 is 41.7 Å². The molecular weight excluding hydrogens is 796 g/mol. The smallest absolute Gasteiger partial charge is 0.477 e. The number of nitrogens with one attached hydrogen (secondary N) is 1. The molecule has 17 heteroatoms. The highest BCUT2D eigenvalue weighted by molar-refractivity contribution is 7.90. The van der Waals surface area contributed by atoms with Crippen LogP contribution in [-0.4, -0.2) is 81.6 Å². The molecule has 7 rings (SSSR count). The molecule has 2 aliphatic rings. The van der Waals surface area contributed by atoms with Gasteiger partial charge in [-0.1, -0.05) is 54.6 Å². The van der Waals surface area contributed by atoms with E-state index >= 15 is 0 Å². The van der Waals surface area contributed by atoms with Gasteiger partial charge >= 0.3 is 20.2 Å². The van der Waals surface area contributed by atoms with Gasteiger partial charge in [0.25, 0.3) is 15.9 Å². The molecule has 2 N–H and O–H groups in total. The minimum atomic E-state index is -4.06. The summed E-state index contributed by atoms with van der Waals surface area (Å²) in [5.41, 5.74) is 5.27. The quantitative estimate of drug-likeness (QED) is 0.170. The Hall–Kier alpha value is -5.06. The van der Waals surface area contributed by atoms with Crippen molar-refractivity contribution in [3.8, 4) is 0 Å². The first kappa shape index (κ1) is 45.5. The lowest BCUT2D eigenvalue weighted by Gasteiger charge is -2.32. The number of carboxylic acids is 1. The van der Waals surface area contributed by atoms with Crippen molar-refractivity contribution in [2.45, 2.75) is 123 Å². The van der Waals surface area contributed by atoms with Crippen LogP contribution in [0.3, 0.4) is 0 Å². The first-order chi connectivity index (χ1) is 28.3. The molecule has 2 saturated heterocycles. The van der Waals surface area contributed by atoms with E-state index in [1.165, 1.54) is 33.6 Å². The highest BCUT2D eigenvalue weighted by Gasteiger charge is 2.54. The molecule has 0 saturated carbocycles. The number of nitrogens with zero attached hydrogens (tertiary/aromatic N) is 4. The Kier molecular flexibility index (Phi) is 12.4. The van der Waals surface area contributed by atoms with Gasteiger partial charge in [0.2, 0.25) is 0 Å². The van der Waals surface area contributed by atoms with Crippen LogP contribution in [0.1, 0.15) is 110 Å². The fraction of sp³-hybridized carbons (Fsp3) is 0.409. The maximum Gasteiger partial charge on any atom is 0.516 e. The van der Waals surface area contributed by atoms with E-state index in [-0.39, 0.29) is 22.8 Å². The van der Waals surface area contributed by atoms with Crippen LogP contribution in [0.5, 0.6) is 0 Å². The molecule has 322 valence electrons. The Labute approximate surface area is 359 Å². The second-order valence-corrected chi connectivity index (χ2v) is 19.4. The minimum absolute atomic E-state index is 0.000320. The van der Waals surface area contributed by atoms with E-state index in [0.717, 1.165) is 33.4 Å². The number of aromatic carboxylic acids is 1. The number of carbonyl (C=O) groups is 2. The number of benzene rings is 3. The Bertz CT molecular complexity index is 2500. The van der Waals surface area contributed by atoms with Crippen LogP contribution in [0.25, 0.3) is 0 Å². The number of hydrogen-bond acceptors (Lipinski definition) is 10. The predicted molar refractivity (Wildman–Crippen MR) is 234 cm³/mol. The van der Waals surface area contributed by atoms with Gasteiger partial charge in [0, 0.05) is 0 Å². The number of carboxylic acid groups (broad SMARTS) is 1. The molecule has 14 nitrogen and oxygen atoms in total. The van der Waals surface area contributed by atoms with E-state index < -0.39 is 58.5 Å². The van der Waals surface area contributed by atoms with Crippen LogP contribution in [0.15, 0.2) is 83.8 Å². The fourth-order valence-electron chi connectivity index (χ4n) is 6.96. The molecule has 0 bridgehead atoms. The normalized spacial score (nSPS) is 17.5. The zero-order valence-electron chi connectivity index (χ0n) is 37.0. The maximum absolute atomic E-state index is 13.3. The standard InChI is InChI=1S/C25H30BN3O5S.C19H25BN2O4/c1-17-11-10-12-18(2)20(17)16-29-21(23(30)28-35(31,32)19-13-8-7-9-14-19)15-22(27-29)26-33-24(3,4)25(5,6)34-26;1-12-8-7-9-13(2)14(12)11-22-15(17(23)24)10-16(21-22)20-25-18(3,4)19(5,6)26-20/h7-15H,16H2,1-6H3,(H,28,30);7-10H,11H2,1-6H3,(H,23,24). The average molecular weight is 852 g/mol. The lowest BCUT2D eigenvalue weighted by atomic mass is 9.85. The van der Waals surface area contributed by atoms with Crippen LogP contribution in [0, 0.1) is 27.7 Å². The molecule has 0 atom stereocenters. The van der Waals surface area contributed by atoms with Gasteiger partial charge in [-0.3, -0.25) is 14.2 Å². The Morgan fingerprint density at radius 3 is 1.34 bits per heavy atom. The van der Waals surface area contributed by atoms with Gasteiger partial charge in [0.05, 0.1) is 51.6 Å². The third kappa shape index (κ3) is 9.41. The van der Waals surface area contributed by atoms with E-state index in [0.29, 0.717) is 17.7 Å². The zero-order chi connectivity index (χ0) is 44.9. The molecule has 0 aliphatic carbocycles. The van der Waals surface area contributed by atoms with Gasteiger partial charge in [0.15, 0.2) is 0 Å². The average Bonchev–Trinajstić information content (AvgIpc) is 3.89. The number of rotatable bonds is 10. The second-order valence-electron chi connectivity index (χ2n) is 17.7. The van der Waals surface area contributed by atoms with Crippen molar-refractivity contribution in [2.24, 2.45) is 0 Å². The van der Waals surface area contributed by atoms with E-state index in [9.17, 15) is 23.1 Å². The van der Waals surface area contributed by atoms with Crippen LogP contribution >= 0.6 is 0 Å². The van der Waals surface area contributed by atoms with Crippen molar-refractivity contribution in [1.82, 2.24) is 24.3 Å². The molecule has 3 aromatic carbocycles. The van der Waals surface area contributed by atoms with Crippen molar-refractivity contribution in [2.75, 3.05) is 0 Å². The summed E-state index contributed by atoms with van der Waals surface area (Å²) in [6, 6.07) is 22.8. The van der Waals surface area contributed by atoms with Crippen molar-refractivity contribution >= 4 is 47.3 Å². The van der Waals surface area contributed by atoms with Crippen molar-refractivity contribution in [3.63, 3.8) is 0 Å². The van der Waals surface area contributed by atoms with Crippen LogP contribution in [-0.2, 0) is 41.7 Å². The molecule has 2 aromatic heterocycles. The van der Waals surface area contributed by atoms with Gasteiger partial charge < -0.3 is 23.7 Å². The predicted octanol–water partition coefficient (Wildman–Crippen LogP) is 5.51. The fourth-order valence-corrected chi connectivity index (χ4v) is 7.94. The minimum Gasteiger partial charge on any atom is -0.477 e. The molecule has 5 aromatic rings. The SMILES string of the molecule is Cc1cccc(C)c1Cn1nc(B2OC(C)(C)C(C)(C)O2)cc1C(=O)NS(=O)(=O)c1ccccc1.Cc1cccc(C)c1Cn1nc(B2OC(C)(C)C(C)(C)O2)cc1C(=O)O. The number of amides is 1. The van der Waals surface area contributed by atoms with Gasteiger partial charge in [-0.15, -0.1) is 0 Å². The Balaban J connectivity index is 0.000000213. The highest BCUT2D eigenvalue weighted by Crippen LogP contribution is 2.37. The number of carbonyl (C=O) groups excluding carboxylic acids is 1. The lowest BCUT2D eigenvalue weighted by Crippen LogP contribution is -2.41. The van der Waals surface area contributed by atoms with Crippen molar-refractivity contribution in [1.29, 1.82) is 0 Å². The van der Waals surface area contributed by atoms with E-state index in [1.807, 2.05) is 119 Å². The lowest BCUT2D eigenvalue weighted by molar-refractivity contribution is 0.00578. The summed E-state index contributed by atoms with van der Waals surface area (Å²) in [7, 11) is -5.54. The van der Waals surface area contributed by atoms with E-state index in [4.69, 9.17) is 18.6 Å². The summed E-state index contributed by atoms with van der Waals surface area (Å²) >= 11 is 0. The Morgan fingerprint density at radius 1 is 0.607 bits per heavy atom. The molecule has 2 aliphatic heterocycles. The summed E-state index contributed by atoms with van der Waals surface area (Å²) in [6.07, 6.45) is 0. The second kappa shape index (κ2) is 16.7. The zero-order valence-corrected chi connectivity index (χ0v) is 37.8.